The summed E-state index contributed by atoms with van der Waals surface area (Å²) in [7, 11) is 3.23. The molecule has 1 unspecified atom stereocenters. The second-order valence-electron chi connectivity index (χ2n) is 5.71. The van der Waals surface area contributed by atoms with E-state index in [2.05, 4.69) is 5.32 Å². The third kappa shape index (κ3) is 4.09. The van der Waals surface area contributed by atoms with Crippen LogP contribution in [0.25, 0.3) is 0 Å². The van der Waals surface area contributed by atoms with Crippen LogP contribution in [0.3, 0.4) is 0 Å². The number of hydrogen-bond donors (Lipinski definition) is 1. The SMILES string of the molecule is CN(C)C(CNc1ccc([N+](=O)[O-])cc1[N+](=O)[O-])c1c(F)cccc1F. The van der Waals surface area contributed by atoms with Crippen molar-refractivity contribution in [3.05, 3.63) is 73.8 Å². The maximum absolute atomic E-state index is 14.1. The van der Waals surface area contributed by atoms with Gasteiger partial charge in [-0.3, -0.25) is 20.2 Å². The van der Waals surface area contributed by atoms with Crippen molar-refractivity contribution in [2.24, 2.45) is 0 Å². The van der Waals surface area contributed by atoms with Crippen LogP contribution in [0.2, 0.25) is 0 Å². The number of anilines is 1. The molecule has 0 saturated carbocycles. The molecule has 2 rings (SSSR count). The molecule has 0 aromatic heterocycles. The fourth-order valence-electron chi connectivity index (χ4n) is 2.51. The molecule has 1 N–H and O–H groups in total. The first kappa shape index (κ1) is 19.2. The highest BCUT2D eigenvalue weighted by Crippen LogP contribution is 2.31. The molecule has 0 aliphatic carbocycles. The van der Waals surface area contributed by atoms with Crippen molar-refractivity contribution in [1.29, 1.82) is 0 Å². The number of nitro groups is 2. The third-order valence-electron chi connectivity index (χ3n) is 3.83. The van der Waals surface area contributed by atoms with Crippen LogP contribution in [0, 0.1) is 31.9 Å². The van der Waals surface area contributed by atoms with Gasteiger partial charge in [0.25, 0.3) is 11.4 Å². The maximum atomic E-state index is 14.1. The minimum absolute atomic E-state index is 0.0178. The zero-order valence-electron chi connectivity index (χ0n) is 14.0. The molecule has 0 bridgehead atoms. The predicted octanol–water partition coefficient (Wildman–Crippen LogP) is 3.50. The van der Waals surface area contributed by atoms with Gasteiger partial charge in [0.05, 0.1) is 22.0 Å². The highest BCUT2D eigenvalue weighted by atomic mass is 19.1. The van der Waals surface area contributed by atoms with Crippen molar-refractivity contribution < 1.29 is 18.6 Å². The summed E-state index contributed by atoms with van der Waals surface area (Å²) in [5, 5.41) is 24.7. The molecule has 0 aliphatic heterocycles. The lowest BCUT2D eigenvalue weighted by molar-refractivity contribution is -0.393. The second kappa shape index (κ2) is 7.83. The van der Waals surface area contributed by atoms with Gasteiger partial charge in [0.2, 0.25) is 0 Å². The standard InChI is InChI=1S/C16H16F2N4O4/c1-20(2)15(16-11(17)4-3-5-12(16)18)9-19-13-7-6-10(21(23)24)8-14(13)22(25)26/h3-8,15,19H,9H2,1-2H3. The monoisotopic (exact) mass is 366 g/mol. The molecule has 2 aromatic rings. The average Bonchev–Trinajstić information content (AvgIpc) is 2.56. The number of likely N-dealkylation sites (N-methyl/N-ethyl adjacent to an activating group) is 1. The molecule has 0 heterocycles. The number of benzene rings is 2. The Morgan fingerprint density at radius 2 is 1.69 bits per heavy atom. The van der Waals surface area contributed by atoms with Crippen molar-refractivity contribution in [3.63, 3.8) is 0 Å². The van der Waals surface area contributed by atoms with Gasteiger partial charge in [-0.05, 0) is 32.3 Å². The minimum Gasteiger partial charge on any atom is -0.378 e. The van der Waals surface area contributed by atoms with Crippen LogP contribution in [-0.4, -0.2) is 35.4 Å². The molecular formula is C16H16F2N4O4. The Kier molecular flexibility index (Phi) is 5.78. The van der Waals surface area contributed by atoms with E-state index in [9.17, 15) is 29.0 Å². The zero-order valence-corrected chi connectivity index (χ0v) is 14.0. The maximum Gasteiger partial charge on any atom is 0.299 e. The van der Waals surface area contributed by atoms with Crippen LogP contribution >= 0.6 is 0 Å². The van der Waals surface area contributed by atoms with E-state index in [1.54, 1.807) is 19.0 Å². The first-order chi connectivity index (χ1) is 12.2. The van der Waals surface area contributed by atoms with Crippen LogP contribution in [0.15, 0.2) is 36.4 Å². The van der Waals surface area contributed by atoms with Crippen LogP contribution in [0.1, 0.15) is 11.6 Å². The lowest BCUT2D eigenvalue weighted by Crippen LogP contribution is -2.28. The fraction of sp³-hybridized carbons (Fsp3) is 0.250. The van der Waals surface area contributed by atoms with Gasteiger partial charge in [-0.25, -0.2) is 8.78 Å². The van der Waals surface area contributed by atoms with E-state index >= 15 is 0 Å². The van der Waals surface area contributed by atoms with Gasteiger partial charge < -0.3 is 10.2 Å². The number of rotatable bonds is 7. The summed E-state index contributed by atoms with van der Waals surface area (Å²) in [5.74, 6) is -1.47. The van der Waals surface area contributed by atoms with Gasteiger partial charge in [-0.2, -0.15) is 0 Å². The number of nitrogens with zero attached hydrogens (tertiary/aromatic N) is 3. The van der Waals surface area contributed by atoms with Crippen LogP contribution < -0.4 is 5.32 Å². The molecule has 8 nitrogen and oxygen atoms in total. The van der Waals surface area contributed by atoms with Gasteiger partial charge in [-0.15, -0.1) is 0 Å². The summed E-state index contributed by atoms with van der Waals surface area (Å²) in [4.78, 5) is 22.0. The van der Waals surface area contributed by atoms with Crippen molar-refractivity contribution >= 4 is 17.1 Å². The molecule has 0 saturated heterocycles. The summed E-state index contributed by atoms with van der Waals surface area (Å²) in [6.45, 7) is -0.0521. The van der Waals surface area contributed by atoms with Gasteiger partial charge in [0.15, 0.2) is 0 Å². The van der Waals surface area contributed by atoms with Crippen molar-refractivity contribution in [1.82, 2.24) is 4.90 Å². The summed E-state index contributed by atoms with van der Waals surface area (Å²) < 4.78 is 28.1. The first-order valence-corrected chi connectivity index (χ1v) is 7.49. The van der Waals surface area contributed by atoms with Gasteiger partial charge in [0.1, 0.15) is 17.3 Å². The van der Waals surface area contributed by atoms with Gasteiger partial charge >= 0.3 is 0 Å². The number of nitrogens with one attached hydrogen (secondary N) is 1. The largest absolute Gasteiger partial charge is 0.378 e. The van der Waals surface area contributed by atoms with Crippen LogP contribution in [0.5, 0.6) is 0 Å². The van der Waals surface area contributed by atoms with Crippen LogP contribution in [-0.2, 0) is 0 Å². The van der Waals surface area contributed by atoms with E-state index in [-0.39, 0.29) is 17.8 Å². The molecule has 0 fully saturated rings. The lowest BCUT2D eigenvalue weighted by Gasteiger charge is -2.26. The van der Waals surface area contributed by atoms with E-state index in [1.165, 1.54) is 12.1 Å². The molecule has 0 radical (unpaired) electrons. The summed E-state index contributed by atoms with van der Waals surface area (Å²) in [6, 6.07) is 5.88. The molecular weight excluding hydrogens is 350 g/mol. The highest BCUT2D eigenvalue weighted by Gasteiger charge is 2.24. The van der Waals surface area contributed by atoms with E-state index in [0.717, 1.165) is 24.3 Å². The molecule has 10 heteroatoms. The Morgan fingerprint density at radius 1 is 1.08 bits per heavy atom. The number of halogens is 2. The Morgan fingerprint density at radius 3 is 2.19 bits per heavy atom. The van der Waals surface area contributed by atoms with Gasteiger partial charge in [-0.1, -0.05) is 6.07 Å². The molecule has 1 atom stereocenters. The third-order valence-corrected chi connectivity index (χ3v) is 3.83. The van der Waals surface area contributed by atoms with Crippen molar-refractivity contribution in [2.75, 3.05) is 26.0 Å². The van der Waals surface area contributed by atoms with E-state index in [0.29, 0.717) is 0 Å². The minimum atomic E-state index is -0.760. The Labute approximate surface area is 147 Å². The first-order valence-electron chi connectivity index (χ1n) is 7.49. The van der Waals surface area contributed by atoms with Gasteiger partial charge in [0, 0.05) is 18.2 Å². The Hall–Kier alpha value is -3.14. The summed E-state index contributed by atoms with van der Waals surface area (Å²) in [6.07, 6.45) is 0. The average molecular weight is 366 g/mol. The lowest BCUT2D eigenvalue weighted by atomic mass is 10.0. The second-order valence-corrected chi connectivity index (χ2v) is 5.71. The van der Waals surface area contributed by atoms with E-state index in [4.69, 9.17) is 0 Å². The van der Waals surface area contributed by atoms with E-state index < -0.39 is 38.9 Å². The van der Waals surface area contributed by atoms with Crippen LogP contribution in [0.4, 0.5) is 25.8 Å². The predicted molar refractivity (Wildman–Crippen MR) is 91.0 cm³/mol. The molecule has 0 amide bonds. The molecule has 26 heavy (non-hydrogen) atoms. The molecule has 0 spiro atoms. The summed E-state index contributed by atoms with van der Waals surface area (Å²) in [5.41, 5.74) is -1.07. The normalized spacial score (nSPS) is 12.0. The topological polar surface area (TPSA) is 102 Å². The summed E-state index contributed by atoms with van der Waals surface area (Å²) >= 11 is 0. The quantitative estimate of drug-likeness (QED) is 0.594. The number of hydrogen-bond acceptors (Lipinski definition) is 6. The Balaban J connectivity index is 2.33. The number of nitro benzene ring substituents is 2. The number of non-ortho nitro benzene ring substituents is 1. The Bertz CT molecular complexity index is 825. The fourth-order valence-corrected chi connectivity index (χ4v) is 2.51. The van der Waals surface area contributed by atoms with Crippen molar-refractivity contribution in [2.45, 2.75) is 6.04 Å². The zero-order chi connectivity index (χ0) is 19.4. The molecule has 0 aliphatic rings. The van der Waals surface area contributed by atoms with Crippen molar-refractivity contribution in [3.8, 4) is 0 Å². The molecule has 2 aromatic carbocycles. The molecule has 138 valence electrons. The smallest absolute Gasteiger partial charge is 0.299 e. The van der Waals surface area contributed by atoms with E-state index in [1.807, 2.05) is 0 Å². The highest BCUT2D eigenvalue weighted by molar-refractivity contribution is 5.65.